The molecule has 1 amide bonds. The van der Waals surface area contributed by atoms with Crippen molar-refractivity contribution in [2.24, 2.45) is 5.92 Å². The average Bonchev–Trinajstić information content (AvgIpc) is 3.90. The number of benzene rings is 7. The lowest BCUT2D eigenvalue weighted by Crippen LogP contribution is -2.50. The Bertz CT molecular complexity index is 2920. The Morgan fingerprint density at radius 3 is 1.88 bits per heavy atom. The number of ketones is 1. The number of carbonyl (C=O) groups is 2. The van der Waals surface area contributed by atoms with Gasteiger partial charge in [0.1, 0.15) is 17.4 Å². The first-order valence-corrected chi connectivity index (χ1v) is 25.0. The first-order chi connectivity index (χ1) is 33.7. The molecule has 3 aliphatic heterocycles. The van der Waals surface area contributed by atoms with E-state index in [0.717, 1.165) is 115 Å². The van der Waals surface area contributed by atoms with Gasteiger partial charge < -0.3 is 10.1 Å². The maximum Gasteiger partial charge on any atom is 0.252 e. The van der Waals surface area contributed by atoms with Crippen molar-refractivity contribution in [3.05, 3.63) is 198 Å². The molecule has 4 fully saturated rings. The van der Waals surface area contributed by atoms with Crippen molar-refractivity contribution in [2.45, 2.75) is 102 Å². The van der Waals surface area contributed by atoms with Crippen LogP contribution in [0.2, 0.25) is 0 Å². The van der Waals surface area contributed by atoms with Crippen LogP contribution in [0.25, 0.3) is 32.7 Å². The number of halogens is 2. The van der Waals surface area contributed by atoms with Crippen molar-refractivity contribution in [1.82, 2.24) is 15.1 Å². The highest BCUT2D eigenvalue weighted by molar-refractivity contribution is 6.01. The Balaban J connectivity index is 0.000000171. The lowest BCUT2D eigenvalue weighted by molar-refractivity contribution is -0.115. The monoisotopic (exact) mass is 923 g/mol. The quantitative estimate of drug-likeness (QED) is 0.124. The van der Waals surface area contributed by atoms with E-state index in [4.69, 9.17) is 4.74 Å². The summed E-state index contributed by atoms with van der Waals surface area (Å²) in [7, 11) is 0. The zero-order chi connectivity index (χ0) is 47.1. The van der Waals surface area contributed by atoms with Crippen LogP contribution >= 0.6 is 0 Å². The van der Waals surface area contributed by atoms with Crippen molar-refractivity contribution >= 4 is 33.2 Å². The predicted molar refractivity (Wildman–Crippen MR) is 275 cm³/mol. The molecule has 1 saturated carbocycles. The molecule has 4 aliphatic rings. The summed E-state index contributed by atoms with van der Waals surface area (Å²) < 4.78 is 33.0. The lowest BCUT2D eigenvalue weighted by atomic mass is 9.90. The van der Waals surface area contributed by atoms with Gasteiger partial charge in [0.15, 0.2) is 5.78 Å². The molecule has 3 heterocycles. The number of carbonyl (C=O) groups excluding carboxylic acids is 2. The predicted octanol–water partition coefficient (Wildman–Crippen LogP) is 13.5. The fourth-order valence-corrected chi connectivity index (χ4v) is 11.4. The number of ether oxygens (including phenoxy) is 1. The van der Waals surface area contributed by atoms with Crippen LogP contribution in [0, 0.1) is 17.6 Å². The summed E-state index contributed by atoms with van der Waals surface area (Å²) in [5, 5.41) is 7.38. The molecule has 7 aromatic carbocycles. The third-order valence-electron chi connectivity index (χ3n) is 14.8. The van der Waals surface area contributed by atoms with Crippen LogP contribution in [0.5, 0.6) is 5.75 Å². The maximum atomic E-state index is 13.5. The fourth-order valence-electron chi connectivity index (χ4n) is 11.4. The van der Waals surface area contributed by atoms with Crippen LogP contribution in [0.3, 0.4) is 0 Å². The Morgan fingerprint density at radius 1 is 0.638 bits per heavy atom. The molecule has 6 nitrogen and oxygen atoms in total. The summed E-state index contributed by atoms with van der Waals surface area (Å²) in [6.45, 7) is 3.76. The first kappa shape index (κ1) is 46.3. The summed E-state index contributed by atoms with van der Waals surface area (Å²) in [6.07, 6.45) is 12.0. The molecule has 69 heavy (non-hydrogen) atoms. The van der Waals surface area contributed by atoms with Crippen molar-refractivity contribution in [1.29, 1.82) is 0 Å². The molecule has 3 saturated heterocycles. The average molecular weight is 924 g/mol. The van der Waals surface area contributed by atoms with Gasteiger partial charge in [0.25, 0.3) is 5.91 Å². The van der Waals surface area contributed by atoms with Crippen LogP contribution in [0.4, 0.5) is 8.78 Å². The molecule has 354 valence electrons. The highest BCUT2D eigenvalue weighted by Gasteiger charge is 2.41. The summed E-state index contributed by atoms with van der Waals surface area (Å²) in [5.41, 5.74) is 6.55. The largest absolute Gasteiger partial charge is 0.490 e. The van der Waals surface area contributed by atoms with Crippen LogP contribution in [0.1, 0.15) is 87.1 Å². The van der Waals surface area contributed by atoms with Crippen molar-refractivity contribution in [3.63, 3.8) is 0 Å². The number of nitrogens with zero attached hydrogens (tertiary/aromatic N) is 2. The molecule has 2 bridgehead atoms. The highest BCUT2D eigenvalue weighted by atomic mass is 19.1. The zero-order valence-electron chi connectivity index (χ0n) is 39.2. The smallest absolute Gasteiger partial charge is 0.252 e. The Hall–Kier alpha value is -6.48. The van der Waals surface area contributed by atoms with Gasteiger partial charge in [-0.15, -0.1) is 0 Å². The molecule has 1 aliphatic carbocycles. The second-order valence-electron chi connectivity index (χ2n) is 19.8. The molecular weight excluding hydrogens is 861 g/mol. The molecule has 0 aromatic heterocycles. The number of allylic oxidation sites excluding steroid dienone is 2. The van der Waals surface area contributed by atoms with Crippen LogP contribution in [-0.4, -0.2) is 58.8 Å². The van der Waals surface area contributed by atoms with Gasteiger partial charge in [0.2, 0.25) is 0 Å². The van der Waals surface area contributed by atoms with Gasteiger partial charge in [-0.3, -0.25) is 19.4 Å². The summed E-state index contributed by atoms with van der Waals surface area (Å²) in [4.78, 5) is 31.1. The molecule has 8 heteroatoms. The lowest BCUT2D eigenvalue weighted by Gasteiger charge is -2.39. The second-order valence-corrected chi connectivity index (χ2v) is 19.8. The maximum absolute atomic E-state index is 13.5. The number of rotatable bonds is 12. The highest BCUT2D eigenvalue weighted by Crippen LogP contribution is 2.38. The minimum atomic E-state index is -0.198. The van der Waals surface area contributed by atoms with E-state index in [0.29, 0.717) is 24.4 Å². The van der Waals surface area contributed by atoms with Gasteiger partial charge in [0, 0.05) is 51.2 Å². The van der Waals surface area contributed by atoms with E-state index in [2.05, 4.69) is 39.4 Å². The summed E-state index contributed by atoms with van der Waals surface area (Å²) in [6, 6.07) is 51.6. The number of hydrogen-bond acceptors (Lipinski definition) is 5. The number of likely N-dealkylation sites (tertiary alicyclic amines) is 1. The number of fused-ring (bicyclic) bond motifs is 4. The molecule has 2 unspecified atom stereocenters. The fraction of sp³-hybridized carbons (Fsp3) is 0.311. The second kappa shape index (κ2) is 21.4. The topological polar surface area (TPSA) is 61.9 Å². The van der Waals surface area contributed by atoms with Gasteiger partial charge >= 0.3 is 0 Å². The Morgan fingerprint density at radius 2 is 1.22 bits per heavy atom. The van der Waals surface area contributed by atoms with E-state index in [-0.39, 0.29) is 36.9 Å². The molecule has 0 spiro atoms. The van der Waals surface area contributed by atoms with Crippen molar-refractivity contribution in [3.8, 4) is 16.9 Å². The molecular formula is C61H63F2N3O3. The van der Waals surface area contributed by atoms with Crippen LogP contribution < -0.4 is 10.1 Å². The van der Waals surface area contributed by atoms with E-state index in [1.54, 1.807) is 12.1 Å². The van der Waals surface area contributed by atoms with Gasteiger partial charge in [0.05, 0.1) is 6.10 Å². The van der Waals surface area contributed by atoms with Gasteiger partial charge in [-0.05, 0) is 175 Å². The van der Waals surface area contributed by atoms with E-state index in [1.165, 1.54) is 41.7 Å². The third kappa shape index (κ3) is 11.7. The van der Waals surface area contributed by atoms with Gasteiger partial charge in [-0.2, -0.15) is 0 Å². The molecule has 11 rings (SSSR count). The number of para-hydroxylation sites is 1. The Labute approximate surface area is 406 Å². The number of piperidine rings is 1. The Kier molecular flexibility index (Phi) is 14.4. The third-order valence-corrected chi connectivity index (χ3v) is 14.8. The molecule has 3 atom stereocenters. The molecule has 0 radical (unpaired) electrons. The van der Waals surface area contributed by atoms with Gasteiger partial charge in [-0.25, -0.2) is 8.78 Å². The minimum absolute atomic E-state index is 0. The SMILES string of the molecule is O=C(C=C1CCC(Oc2ccccc2)CC1)C[C@H]1CCN(Cc2ccc3cc(F)ccc3c2)C1.O=C(NC1CC2CCC(C1)N2Cc1ccc2cc(F)ccc2c1)c1ccccc1-c1ccccc1.[HH]. The van der Waals surface area contributed by atoms with Crippen LogP contribution in [-0.2, 0) is 17.9 Å². The van der Waals surface area contributed by atoms with E-state index in [1.807, 2.05) is 115 Å². The van der Waals surface area contributed by atoms with Gasteiger partial charge in [-0.1, -0.05) is 109 Å². The van der Waals surface area contributed by atoms with E-state index < -0.39 is 0 Å². The zero-order valence-corrected chi connectivity index (χ0v) is 39.2. The molecule has 1 N–H and O–H groups in total. The molecule has 7 aromatic rings. The normalized spacial score (nSPS) is 21.4. The van der Waals surface area contributed by atoms with E-state index in [9.17, 15) is 18.4 Å². The standard InChI is InChI=1S/C31H29FN2O.C30H32FNO2.H2/c32-25-13-12-23-16-21(10-11-24(23)17-25)20-34-27-14-15-28(34)19-26(18-27)33-31(35)30-9-5-4-8-29(30)22-6-2-1-3-7-22;31-27-11-10-25-16-23(6-9-26(25)19-27)20-32-15-14-24(21-32)18-28(33)17-22-7-12-30(13-8-22)34-29-4-2-1-3-5-29;/h1-13,16-17,26-28H,14-15,18-20H2,(H,33,35);1-6,9-11,16-17,19,24,30H,7-8,12-15,18,20-21H2;1H/t;24-,30?;/m.1./s1. The minimum Gasteiger partial charge on any atom is -0.490 e. The first-order valence-electron chi connectivity index (χ1n) is 25.0. The number of nitrogens with one attached hydrogen (secondary N) is 1. The van der Waals surface area contributed by atoms with Crippen LogP contribution in [0.15, 0.2) is 169 Å². The van der Waals surface area contributed by atoms with E-state index >= 15 is 0 Å². The van der Waals surface area contributed by atoms with Crippen molar-refractivity contribution in [2.75, 3.05) is 13.1 Å². The number of hydrogen-bond donors (Lipinski definition) is 1. The van der Waals surface area contributed by atoms with Crippen molar-refractivity contribution < 1.29 is 24.5 Å². The summed E-state index contributed by atoms with van der Waals surface area (Å²) >= 11 is 0. The number of amides is 1. The summed E-state index contributed by atoms with van der Waals surface area (Å²) in [5.74, 6) is 1.26.